The van der Waals surface area contributed by atoms with Gasteiger partial charge in [-0.2, -0.15) is 0 Å². The van der Waals surface area contributed by atoms with Crippen molar-refractivity contribution in [3.8, 4) is 0 Å². The number of primary amides is 1. The average molecular weight is 477 g/mol. The van der Waals surface area contributed by atoms with Crippen LogP contribution in [0.1, 0.15) is 42.1 Å². The molecule has 1 amide bonds. The number of hydrogen-bond acceptors (Lipinski definition) is 4. The predicted octanol–water partition coefficient (Wildman–Crippen LogP) is 5.40. The van der Waals surface area contributed by atoms with Gasteiger partial charge in [-0.1, -0.05) is 48.8 Å². The van der Waals surface area contributed by atoms with Crippen LogP contribution in [0.3, 0.4) is 0 Å². The van der Waals surface area contributed by atoms with Crippen LogP contribution in [0.4, 0.5) is 0 Å². The van der Waals surface area contributed by atoms with Gasteiger partial charge in [-0.05, 0) is 59.9 Å². The number of carbonyl (C=O) groups is 1. The molecule has 0 aliphatic heterocycles. The third-order valence-electron chi connectivity index (χ3n) is 4.96. The van der Waals surface area contributed by atoms with Crippen molar-refractivity contribution >= 4 is 40.9 Å². The summed E-state index contributed by atoms with van der Waals surface area (Å²) in [7, 11) is 0. The smallest absolute Gasteiger partial charge is 0.231 e. The van der Waals surface area contributed by atoms with Gasteiger partial charge in [-0.25, -0.2) is 0 Å². The molecule has 0 aliphatic rings. The van der Waals surface area contributed by atoms with E-state index in [4.69, 9.17) is 28.9 Å². The molecular weight excluding hydrogens is 451 g/mol. The summed E-state index contributed by atoms with van der Waals surface area (Å²) in [5.41, 5.74) is 10.0. The number of carbonyl (C=O) groups excluding carboxylic acids is 1. The van der Waals surface area contributed by atoms with Crippen molar-refractivity contribution in [3.63, 3.8) is 0 Å². The Kier molecular flexibility index (Phi) is 8.06. The number of nitrogens with zero attached hydrogens (tertiary/aromatic N) is 2. The molecule has 1 aromatic carbocycles. The first-order valence-corrected chi connectivity index (χ1v) is 11.6. The number of halogens is 2. The van der Waals surface area contributed by atoms with Crippen molar-refractivity contribution in [3.05, 3.63) is 75.2 Å². The first-order chi connectivity index (χ1) is 14.8. The summed E-state index contributed by atoms with van der Waals surface area (Å²) in [6, 6.07) is 9.62. The van der Waals surface area contributed by atoms with Crippen LogP contribution in [0.25, 0.3) is 0 Å². The minimum absolute atomic E-state index is 0.138. The van der Waals surface area contributed by atoms with Crippen LogP contribution in [0.5, 0.6) is 0 Å². The van der Waals surface area contributed by atoms with Crippen LogP contribution in [-0.2, 0) is 17.9 Å². The van der Waals surface area contributed by atoms with Crippen molar-refractivity contribution in [1.82, 2.24) is 14.9 Å². The van der Waals surface area contributed by atoms with Gasteiger partial charge >= 0.3 is 0 Å². The van der Waals surface area contributed by atoms with Gasteiger partial charge in [-0.3, -0.25) is 9.78 Å². The van der Waals surface area contributed by atoms with E-state index in [0.717, 1.165) is 21.2 Å². The predicted molar refractivity (Wildman–Crippen MR) is 128 cm³/mol. The summed E-state index contributed by atoms with van der Waals surface area (Å²) in [4.78, 5) is 16.3. The number of hydrogen-bond donors (Lipinski definition) is 2. The van der Waals surface area contributed by atoms with Crippen LogP contribution < -0.4 is 11.1 Å². The Morgan fingerprint density at radius 2 is 1.84 bits per heavy atom. The zero-order valence-corrected chi connectivity index (χ0v) is 20.1. The number of benzene rings is 1. The molecule has 5 nitrogen and oxygen atoms in total. The molecule has 164 valence electrons. The van der Waals surface area contributed by atoms with E-state index in [9.17, 15) is 4.79 Å². The van der Waals surface area contributed by atoms with Crippen LogP contribution in [-0.4, -0.2) is 22.0 Å². The number of rotatable bonds is 9. The molecule has 0 aliphatic carbocycles. The third-order valence-corrected chi connectivity index (χ3v) is 6.50. The maximum atomic E-state index is 11.2. The highest BCUT2D eigenvalue weighted by Crippen LogP contribution is 2.41. The van der Waals surface area contributed by atoms with Gasteiger partial charge in [0.05, 0.1) is 11.6 Å². The Hall–Kier alpha value is -1.99. The Balaban J connectivity index is 2.10. The Morgan fingerprint density at radius 1 is 1.19 bits per heavy atom. The fourth-order valence-electron chi connectivity index (χ4n) is 3.58. The number of aromatic nitrogens is 2. The van der Waals surface area contributed by atoms with E-state index in [2.05, 4.69) is 35.6 Å². The molecule has 3 aromatic rings. The first kappa shape index (κ1) is 23.7. The normalized spacial score (nSPS) is 11.3. The lowest BCUT2D eigenvalue weighted by Crippen LogP contribution is -2.28. The highest BCUT2D eigenvalue weighted by molar-refractivity contribution is 7.99. The molecule has 8 heteroatoms. The van der Waals surface area contributed by atoms with Gasteiger partial charge in [-0.15, -0.1) is 0 Å². The zero-order valence-electron chi connectivity index (χ0n) is 17.8. The summed E-state index contributed by atoms with van der Waals surface area (Å²) in [5.74, 6) is -0.0944. The van der Waals surface area contributed by atoms with E-state index in [1.807, 2.05) is 24.3 Å². The van der Waals surface area contributed by atoms with Gasteiger partial charge in [0.1, 0.15) is 0 Å². The first-order valence-electron chi connectivity index (χ1n) is 10.00. The maximum absolute atomic E-state index is 11.2. The number of amides is 1. The number of nitrogens with two attached hydrogens (primary N) is 1. The fourth-order valence-corrected chi connectivity index (χ4v) is 5.62. The van der Waals surface area contributed by atoms with Crippen LogP contribution >= 0.6 is 35.0 Å². The average Bonchev–Trinajstić information content (AvgIpc) is 2.93. The molecule has 0 radical (unpaired) electrons. The molecule has 0 atom stereocenters. The van der Waals surface area contributed by atoms with E-state index >= 15 is 0 Å². The molecule has 2 heterocycles. The van der Waals surface area contributed by atoms with Crippen molar-refractivity contribution in [2.24, 2.45) is 5.73 Å². The summed E-state index contributed by atoms with van der Waals surface area (Å²) in [6.45, 7) is 7.88. The minimum Gasteiger partial charge on any atom is -0.369 e. The molecule has 3 rings (SSSR count). The lowest BCUT2D eigenvalue weighted by molar-refractivity contribution is -0.117. The third kappa shape index (κ3) is 6.04. The van der Waals surface area contributed by atoms with Crippen molar-refractivity contribution in [2.45, 2.75) is 49.7 Å². The minimum atomic E-state index is -0.372. The lowest BCUT2D eigenvalue weighted by atomic mass is 10.0. The topological polar surface area (TPSA) is 72.9 Å². The van der Waals surface area contributed by atoms with E-state index in [-0.39, 0.29) is 18.4 Å². The second-order valence-electron chi connectivity index (χ2n) is 7.66. The van der Waals surface area contributed by atoms with Gasteiger partial charge in [0.25, 0.3) is 0 Å². The lowest BCUT2D eigenvalue weighted by Gasteiger charge is -2.15. The van der Waals surface area contributed by atoms with Gasteiger partial charge < -0.3 is 15.6 Å². The maximum Gasteiger partial charge on any atom is 0.231 e. The quantitative estimate of drug-likeness (QED) is 0.433. The Morgan fingerprint density at radius 3 is 2.42 bits per heavy atom. The van der Waals surface area contributed by atoms with E-state index < -0.39 is 0 Å². The van der Waals surface area contributed by atoms with E-state index in [1.54, 1.807) is 30.2 Å². The molecule has 2 aromatic heterocycles. The van der Waals surface area contributed by atoms with E-state index in [0.29, 0.717) is 23.1 Å². The molecule has 0 saturated heterocycles. The highest BCUT2D eigenvalue weighted by Gasteiger charge is 2.23. The second kappa shape index (κ2) is 10.6. The summed E-state index contributed by atoms with van der Waals surface area (Å²) >= 11 is 14.2. The number of nitrogens with one attached hydrogen (secondary N) is 1. The molecule has 0 spiro atoms. The van der Waals surface area contributed by atoms with Crippen LogP contribution in [0.2, 0.25) is 10.0 Å². The molecular formula is C23H26Cl2N4OS. The van der Waals surface area contributed by atoms with E-state index in [1.165, 1.54) is 11.1 Å². The molecule has 0 bridgehead atoms. The molecule has 31 heavy (non-hydrogen) atoms. The number of pyridine rings is 1. The summed E-state index contributed by atoms with van der Waals surface area (Å²) in [5, 5.41) is 5.52. The molecule has 0 fully saturated rings. The largest absolute Gasteiger partial charge is 0.369 e. The SMILES string of the molecule is Cc1c(CNCC(N)=O)c(C(C)C)c(Sc2cc(Cl)cc(Cl)c2)n1Cc1ccncc1. The van der Waals surface area contributed by atoms with Gasteiger partial charge in [0.15, 0.2) is 0 Å². The summed E-state index contributed by atoms with van der Waals surface area (Å²) < 4.78 is 2.31. The van der Waals surface area contributed by atoms with Crippen molar-refractivity contribution in [2.75, 3.05) is 6.54 Å². The summed E-state index contributed by atoms with van der Waals surface area (Å²) in [6.07, 6.45) is 3.60. The highest BCUT2D eigenvalue weighted by atomic mass is 35.5. The molecule has 3 N–H and O–H groups in total. The monoisotopic (exact) mass is 476 g/mol. The standard InChI is InChI=1S/C23H26Cl2N4OS/c1-14(2)22-20(11-28-12-21(26)30)15(3)29(13-16-4-6-27-7-5-16)23(22)31-19-9-17(24)8-18(25)10-19/h4-10,14,28H,11-13H2,1-3H3,(H2,26,30). The van der Waals surface area contributed by atoms with Crippen molar-refractivity contribution < 1.29 is 4.79 Å². The Labute approximate surface area is 197 Å². The van der Waals surface area contributed by atoms with Crippen molar-refractivity contribution in [1.29, 1.82) is 0 Å². The zero-order chi connectivity index (χ0) is 22.5. The van der Waals surface area contributed by atoms with Crippen LogP contribution in [0, 0.1) is 6.92 Å². The van der Waals surface area contributed by atoms with Gasteiger partial charge in [0.2, 0.25) is 5.91 Å². The fraction of sp³-hybridized carbons (Fsp3) is 0.304. The molecule has 0 unspecified atom stereocenters. The molecule has 0 saturated carbocycles. The van der Waals surface area contributed by atoms with Gasteiger partial charge in [0, 0.05) is 46.1 Å². The Bertz CT molecular complexity index is 1050. The van der Waals surface area contributed by atoms with Crippen LogP contribution in [0.15, 0.2) is 52.6 Å². The second-order valence-corrected chi connectivity index (χ2v) is 9.59.